The Bertz CT molecular complexity index is 1460. The van der Waals surface area contributed by atoms with Gasteiger partial charge in [-0.25, -0.2) is 4.79 Å². The van der Waals surface area contributed by atoms with Crippen molar-refractivity contribution in [3.8, 4) is 5.75 Å². The van der Waals surface area contributed by atoms with Crippen molar-refractivity contribution in [3.05, 3.63) is 102 Å². The molecule has 4 aromatic carbocycles. The van der Waals surface area contributed by atoms with Crippen LogP contribution in [0.2, 0.25) is 0 Å². The number of anilines is 2. The summed E-state index contributed by atoms with van der Waals surface area (Å²) in [6.07, 6.45) is -4.53. The maximum absolute atomic E-state index is 12.8. The number of hydrogen-bond donors (Lipinski definition) is 2. The van der Waals surface area contributed by atoms with Gasteiger partial charge in [0, 0.05) is 16.8 Å². The molecule has 0 saturated heterocycles. The molecule has 38 heavy (non-hydrogen) atoms. The first kappa shape index (κ1) is 26.2. The number of benzene rings is 4. The zero-order valence-corrected chi connectivity index (χ0v) is 19.7. The van der Waals surface area contributed by atoms with Gasteiger partial charge in [-0.15, -0.1) is 0 Å². The van der Waals surface area contributed by atoms with Crippen LogP contribution in [0.5, 0.6) is 5.75 Å². The van der Waals surface area contributed by atoms with Gasteiger partial charge in [0.25, 0.3) is 11.8 Å². The lowest BCUT2D eigenvalue weighted by atomic mass is 10.1. The van der Waals surface area contributed by atoms with Crippen LogP contribution in [-0.4, -0.2) is 31.0 Å². The van der Waals surface area contributed by atoms with Gasteiger partial charge in [-0.2, -0.15) is 13.2 Å². The molecule has 4 rings (SSSR count). The van der Waals surface area contributed by atoms with E-state index < -0.39 is 42.7 Å². The van der Waals surface area contributed by atoms with Crippen LogP contribution in [0.1, 0.15) is 15.9 Å². The first-order chi connectivity index (χ1) is 18.2. The molecule has 0 aliphatic heterocycles. The summed E-state index contributed by atoms with van der Waals surface area (Å²) < 4.78 is 48.8. The second kappa shape index (κ2) is 11.5. The molecule has 7 nitrogen and oxygen atoms in total. The maximum Gasteiger partial charge on any atom is 0.416 e. The van der Waals surface area contributed by atoms with Crippen LogP contribution in [-0.2, 0) is 20.5 Å². The normalized spacial score (nSPS) is 11.0. The van der Waals surface area contributed by atoms with Crippen molar-refractivity contribution in [3.63, 3.8) is 0 Å². The van der Waals surface area contributed by atoms with Crippen LogP contribution < -0.4 is 15.4 Å². The highest BCUT2D eigenvalue weighted by atomic mass is 19.4. The molecule has 0 heterocycles. The van der Waals surface area contributed by atoms with Gasteiger partial charge in [0.05, 0.1) is 11.1 Å². The lowest BCUT2D eigenvalue weighted by Gasteiger charge is -2.11. The van der Waals surface area contributed by atoms with Crippen LogP contribution in [0.3, 0.4) is 0 Å². The summed E-state index contributed by atoms with van der Waals surface area (Å²) in [5, 5.41) is 6.87. The smallest absolute Gasteiger partial charge is 0.416 e. The Hall–Kier alpha value is -4.86. The third kappa shape index (κ3) is 6.88. The Labute approximate surface area is 215 Å². The van der Waals surface area contributed by atoms with Crippen molar-refractivity contribution in [2.45, 2.75) is 6.18 Å². The largest absolute Gasteiger partial charge is 0.484 e. The first-order valence-corrected chi connectivity index (χ1v) is 11.3. The molecule has 0 atom stereocenters. The molecule has 0 unspecified atom stereocenters. The van der Waals surface area contributed by atoms with Gasteiger partial charge in [0.15, 0.2) is 13.2 Å². The van der Waals surface area contributed by atoms with Gasteiger partial charge < -0.3 is 20.1 Å². The molecule has 0 aromatic heterocycles. The molecule has 194 valence electrons. The number of ether oxygens (including phenoxy) is 2. The zero-order chi connectivity index (χ0) is 27.1. The Morgan fingerprint density at radius 2 is 1.42 bits per heavy atom. The predicted octanol–water partition coefficient (Wildman–Crippen LogP) is 5.67. The number of nitrogens with one attached hydrogen (secondary N) is 2. The molecular weight excluding hydrogens is 501 g/mol. The van der Waals surface area contributed by atoms with Crippen molar-refractivity contribution >= 4 is 39.9 Å². The SMILES string of the molecule is O=C(COc1ccc(C(=O)OCC(=O)Nc2cccc3ccccc23)cc1)Nc1cccc(C(F)(F)F)c1. The number of amides is 2. The van der Waals surface area contributed by atoms with E-state index in [2.05, 4.69) is 10.6 Å². The van der Waals surface area contributed by atoms with Crippen molar-refractivity contribution < 1.29 is 37.0 Å². The van der Waals surface area contributed by atoms with E-state index in [0.29, 0.717) is 5.69 Å². The third-order valence-electron chi connectivity index (χ3n) is 5.33. The number of halogens is 3. The fourth-order valence-electron chi connectivity index (χ4n) is 3.54. The second-order valence-electron chi connectivity index (χ2n) is 8.09. The topological polar surface area (TPSA) is 93.7 Å². The summed E-state index contributed by atoms with van der Waals surface area (Å²) in [7, 11) is 0. The Balaban J connectivity index is 1.24. The fourth-order valence-corrected chi connectivity index (χ4v) is 3.54. The van der Waals surface area contributed by atoms with Gasteiger partial charge in [-0.1, -0.05) is 42.5 Å². The Kier molecular flexibility index (Phi) is 7.91. The van der Waals surface area contributed by atoms with Crippen molar-refractivity contribution in [2.75, 3.05) is 23.8 Å². The summed E-state index contributed by atoms with van der Waals surface area (Å²) in [6.45, 7) is -0.954. The average Bonchev–Trinajstić information content (AvgIpc) is 2.91. The number of alkyl halides is 3. The summed E-state index contributed by atoms with van der Waals surface area (Å²) in [6, 6.07) is 22.9. The molecule has 4 aromatic rings. The van der Waals surface area contributed by atoms with Crippen LogP contribution in [0, 0.1) is 0 Å². The molecule has 0 fully saturated rings. The molecule has 2 amide bonds. The van der Waals surface area contributed by atoms with E-state index in [4.69, 9.17) is 9.47 Å². The molecule has 0 aliphatic carbocycles. The Morgan fingerprint density at radius 1 is 0.737 bits per heavy atom. The molecule has 0 spiro atoms. The van der Waals surface area contributed by atoms with E-state index in [-0.39, 0.29) is 17.0 Å². The quantitative estimate of drug-likeness (QED) is 0.291. The number of carbonyl (C=O) groups is 3. The zero-order valence-electron chi connectivity index (χ0n) is 19.7. The lowest BCUT2D eigenvalue weighted by molar-refractivity contribution is -0.137. The molecule has 0 bridgehead atoms. The minimum atomic E-state index is -4.53. The number of fused-ring (bicyclic) bond motifs is 1. The van der Waals surface area contributed by atoms with Gasteiger partial charge in [-0.05, 0) is 53.9 Å². The molecule has 0 saturated carbocycles. The van der Waals surface area contributed by atoms with Gasteiger partial charge >= 0.3 is 12.1 Å². The summed E-state index contributed by atoms with van der Waals surface area (Å²) in [4.78, 5) is 36.6. The highest BCUT2D eigenvalue weighted by molar-refractivity contribution is 6.03. The van der Waals surface area contributed by atoms with E-state index in [9.17, 15) is 27.6 Å². The summed E-state index contributed by atoms with van der Waals surface area (Å²) in [5.41, 5.74) is -0.146. The van der Waals surface area contributed by atoms with Crippen LogP contribution in [0.25, 0.3) is 10.8 Å². The van der Waals surface area contributed by atoms with Crippen molar-refractivity contribution in [1.29, 1.82) is 0 Å². The van der Waals surface area contributed by atoms with E-state index in [1.165, 1.54) is 36.4 Å². The summed E-state index contributed by atoms with van der Waals surface area (Å²) in [5.74, 6) is -1.65. The van der Waals surface area contributed by atoms with E-state index in [1.54, 1.807) is 6.07 Å². The van der Waals surface area contributed by atoms with Crippen LogP contribution in [0.4, 0.5) is 24.5 Å². The molecular formula is C28H21F3N2O5. The predicted molar refractivity (Wildman–Crippen MR) is 135 cm³/mol. The van der Waals surface area contributed by atoms with Gasteiger partial charge in [0.2, 0.25) is 0 Å². The molecule has 0 radical (unpaired) electrons. The standard InChI is InChI=1S/C28H21F3N2O5/c29-28(30,31)20-7-4-8-21(15-20)32-25(34)16-37-22-13-11-19(12-14-22)27(36)38-17-26(35)33-24-10-3-6-18-5-1-2-9-23(18)24/h1-15H,16-17H2,(H,32,34)(H,33,35). The van der Waals surface area contributed by atoms with Crippen molar-refractivity contribution in [1.82, 2.24) is 0 Å². The number of rotatable bonds is 8. The third-order valence-corrected chi connectivity index (χ3v) is 5.33. The number of carbonyl (C=O) groups excluding carboxylic acids is 3. The second-order valence-corrected chi connectivity index (χ2v) is 8.09. The van der Waals surface area contributed by atoms with Crippen LogP contribution >= 0.6 is 0 Å². The minimum absolute atomic E-state index is 0.0176. The van der Waals surface area contributed by atoms with E-state index in [0.717, 1.165) is 22.9 Å². The Morgan fingerprint density at radius 3 is 2.18 bits per heavy atom. The molecule has 10 heteroatoms. The molecule has 2 N–H and O–H groups in total. The fraction of sp³-hybridized carbons (Fsp3) is 0.107. The number of esters is 1. The minimum Gasteiger partial charge on any atom is -0.484 e. The van der Waals surface area contributed by atoms with Gasteiger partial charge in [0.1, 0.15) is 5.75 Å². The van der Waals surface area contributed by atoms with Gasteiger partial charge in [-0.3, -0.25) is 9.59 Å². The lowest BCUT2D eigenvalue weighted by Crippen LogP contribution is -2.21. The summed E-state index contributed by atoms with van der Waals surface area (Å²) >= 11 is 0. The monoisotopic (exact) mass is 522 g/mol. The van der Waals surface area contributed by atoms with Crippen molar-refractivity contribution in [2.24, 2.45) is 0 Å². The molecule has 0 aliphatic rings. The number of hydrogen-bond acceptors (Lipinski definition) is 5. The first-order valence-electron chi connectivity index (χ1n) is 11.3. The highest BCUT2D eigenvalue weighted by Crippen LogP contribution is 2.30. The maximum atomic E-state index is 12.8. The van der Waals surface area contributed by atoms with E-state index >= 15 is 0 Å². The van der Waals surface area contributed by atoms with Crippen LogP contribution in [0.15, 0.2) is 91.0 Å². The van der Waals surface area contributed by atoms with E-state index in [1.807, 2.05) is 36.4 Å². The average molecular weight is 522 g/mol. The highest BCUT2D eigenvalue weighted by Gasteiger charge is 2.30.